The molecule has 2 N–H and O–H groups in total. The molecule has 0 aliphatic rings. The van der Waals surface area contributed by atoms with Gasteiger partial charge in [-0.3, -0.25) is 4.68 Å². The first kappa shape index (κ1) is 10.2. The molecule has 0 aliphatic heterocycles. The van der Waals surface area contributed by atoms with Gasteiger partial charge < -0.3 is 5.73 Å². The van der Waals surface area contributed by atoms with E-state index in [0.29, 0.717) is 0 Å². The maximum absolute atomic E-state index is 6.17. The Balaban J connectivity index is 2.91. The second-order valence-corrected chi connectivity index (χ2v) is 3.32. The lowest BCUT2D eigenvalue weighted by Gasteiger charge is -2.23. The first-order chi connectivity index (χ1) is 6.16. The highest BCUT2D eigenvalue weighted by Gasteiger charge is 2.26. The van der Waals surface area contributed by atoms with Gasteiger partial charge in [0.2, 0.25) is 0 Å². The maximum Gasteiger partial charge on any atom is 0.102 e. The van der Waals surface area contributed by atoms with Crippen LogP contribution in [0.2, 0.25) is 0 Å². The maximum atomic E-state index is 6.17. The van der Waals surface area contributed by atoms with Crippen molar-refractivity contribution in [1.82, 2.24) is 15.0 Å². The molecule has 1 aromatic heterocycles. The molecular formula is C9H18N4. The van der Waals surface area contributed by atoms with Crippen molar-refractivity contribution >= 4 is 0 Å². The van der Waals surface area contributed by atoms with Crippen LogP contribution in [0.15, 0.2) is 6.20 Å². The average Bonchev–Trinajstić information content (AvgIpc) is 2.65. The van der Waals surface area contributed by atoms with Crippen molar-refractivity contribution in [3.8, 4) is 0 Å². The first-order valence-corrected chi connectivity index (χ1v) is 4.85. The molecule has 0 aromatic carbocycles. The minimum Gasteiger partial charge on any atom is -0.320 e. The van der Waals surface area contributed by atoms with Gasteiger partial charge >= 0.3 is 0 Å². The van der Waals surface area contributed by atoms with Crippen LogP contribution in [0, 0.1) is 0 Å². The number of hydrogen-bond donors (Lipinski definition) is 1. The Hall–Kier alpha value is -0.900. The van der Waals surface area contributed by atoms with Gasteiger partial charge in [0.05, 0.1) is 11.7 Å². The number of aryl methyl sites for hydroxylation is 1. The largest absolute Gasteiger partial charge is 0.320 e. The quantitative estimate of drug-likeness (QED) is 0.763. The van der Waals surface area contributed by atoms with Gasteiger partial charge in [-0.1, -0.05) is 19.1 Å². The lowest BCUT2D eigenvalue weighted by atomic mass is 9.91. The molecule has 0 atom stereocenters. The third kappa shape index (κ3) is 1.88. The molecule has 0 fully saturated rings. The fraction of sp³-hybridized carbons (Fsp3) is 0.778. The Kier molecular flexibility index (Phi) is 3.03. The van der Waals surface area contributed by atoms with Crippen molar-refractivity contribution in [1.29, 1.82) is 0 Å². The minimum absolute atomic E-state index is 0.298. The van der Waals surface area contributed by atoms with Crippen molar-refractivity contribution in [2.45, 2.75) is 45.7 Å². The van der Waals surface area contributed by atoms with E-state index in [2.05, 4.69) is 24.2 Å². The molecule has 1 heterocycles. The molecule has 4 heteroatoms. The third-order valence-electron chi connectivity index (χ3n) is 2.63. The van der Waals surface area contributed by atoms with Crippen molar-refractivity contribution < 1.29 is 0 Å². The molecule has 0 amide bonds. The van der Waals surface area contributed by atoms with E-state index in [0.717, 1.165) is 25.1 Å². The van der Waals surface area contributed by atoms with Crippen LogP contribution in [0.1, 0.15) is 39.3 Å². The molecule has 0 radical (unpaired) electrons. The molecule has 0 saturated heterocycles. The topological polar surface area (TPSA) is 56.7 Å². The molecule has 74 valence electrons. The number of rotatable bonds is 4. The fourth-order valence-electron chi connectivity index (χ4n) is 1.29. The van der Waals surface area contributed by atoms with Crippen molar-refractivity contribution in [2.75, 3.05) is 0 Å². The summed E-state index contributed by atoms with van der Waals surface area (Å²) in [5, 5.41) is 8.07. The summed E-state index contributed by atoms with van der Waals surface area (Å²) in [6.07, 6.45) is 3.73. The van der Waals surface area contributed by atoms with Crippen LogP contribution >= 0.6 is 0 Å². The van der Waals surface area contributed by atoms with Crippen LogP contribution in [0.25, 0.3) is 0 Å². The zero-order valence-electron chi connectivity index (χ0n) is 8.62. The molecule has 0 aliphatic carbocycles. The Bertz CT molecular complexity index is 262. The van der Waals surface area contributed by atoms with Gasteiger partial charge in [0, 0.05) is 6.54 Å². The van der Waals surface area contributed by atoms with Crippen molar-refractivity contribution in [3.05, 3.63) is 11.9 Å². The lowest BCUT2D eigenvalue weighted by molar-refractivity contribution is 0.400. The minimum atomic E-state index is -0.298. The molecule has 1 aromatic rings. The summed E-state index contributed by atoms with van der Waals surface area (Å²) in [5.41, 5.74) is 6.77. The van der Waals surface area contributed by atoms with E-state index in [-0.39, 0.29) is 5.54 Å². The zero-order chi connectivity index (χ0) is 9.90. The summed E-state index contributed by atoms with van der Waals surface area (Å²) in [6.45, 7) is 7.04. The van der Waals surface area contributed by atoms with Crippen LogP contribution in [0.3, 0.4) is 0 Å². The standard InChI is InChI=1S/C9H18N4/c1-4-9(10,5-2)8-7-13(6-3)12-11-8/h7H,4-6,10H2,1-3H3. The SMILES string of the molecule is CCn1cc(C(N)(CC)CC)nn1. The van der Waals surface area contributed by atoms with Gasteiger partial charge in [0.1, 0.15) is 5.69 Å². The summed E-state index contributed by atoms with van der Waals surface area (Å²) >= 11 is 0. The Morgan fingerprint density at radius 1 is 1.38 bits per heavy atom. The van der Waals surface area contributed by atoms with E-state index < -0.39 is 0 Å². The highest BCUT2D eigenvalue weighted by atomic mass is 15.4. The molecule has 0 unspecified atom stereocenters. The summed E-state index contributed by atoms with van der Waals surface area (Å²) in [6, 6.07) is 0. The zero-order valence-corrected chi connectivity index (χ0v) is 8.62. The van der Waals surface area contributed by atoms with Crippen LogP contribution in [0.5, 0.6) is 0 Å². The van der Waals surface area contributed by atoms with Crippen LogP contribution in [-0.4, -0.2) is 15.0 Å². The van der Waals surface area contributed by atoms with E-state index in [4.69, 9.17) is 5.73 Å². The van der Waals surface area contributed by atoms with E-state index >= 15 is 0 Å². The summed E-state index contributed by atoms with van der Waals surface area (Å²) in [5.74, 6) is 0. The van der Waals surface area contributed by atoms with Crippen molar-refractivity contribution in [2.24, 2.45) is 5.73 Å². The highest BCUT2D eigenvalue weighted by Crippen LogP contribution is 2.22. The molecule has 0 bridgehead atoms. The van der Waals surface area contributed by atoms with Crippen LogP contribution in [0.4, 0.5) is 0 Å². The Labute approximate surface area is 79.1 Å². The molecule has 13 heavy (non-hydrogen) atoms. The summed E-state index contributed by atoms with van der Waals surface area (Å²) < 4.78 is 1.81. The predicted octanol–water partition coefficient (Wildman–Crippen LogP) is 1.27. The lowest BCUT2D eigenvalue weighted by Crippen LogP contribution is -2.35. The predicted molar refractivity (Wildman–Crippen MR) is 52.1 cm³/mol. The molecule has 0 spiro atoms. The van der Waals surface area contributed by atoms with Gasteiger partial charge in [-0.15, -0.1) is 5.10 Å². The van der Waals surface area contributed by atoms with E-state index in [1.165, 1.54) is 0 Å². The molecule has 4 nitrogen and oxygen atoms in total. The first-order valence-electron chi connectivity index (χ1n) is 4.85. The van der Waals surface area contributed by atoms with E-state index in [1.54, 1.807) is 0 Å². The van der Waals surface area contributed by atoms with Crippen LogP contribution in [-0.2, 0) is 12.1 Å². The normalized spacial score (nSPS) is 12.0. The third-order valence-corrected chi connectivity index (χ3v) is 2.63. The fourth-order valence-corrected chi connectivity index (χ4v) is 1.29. The molecule has 0 saturated carbocycles. The van der Waals surface area contributed by atoms with Gasteiger partial charge in [-0.2, -0.15) is 0 Å². The average molecular weight is 182 g/mol. The number of nitrogens with two attached hydrogens (primary N) is 1. The second kappa shape index (κ2) is 3.87. The van der Waals surface area contributed by atoms with Crippen LogP contribution < -0.4 is 5.73 Å². The monoisotopic (exact) mass is 182 g/mol. The highest BCUT2D eigenvalue weighted by molar-refractivity contribution is 5.08. The Morgan fingerprint density at radius 3 is 2.38 bits per heavy atom. The number of aromatic nitrogens is 3. The molecular weight excluding hydrogens is 164 g/mol. The summed E-state index contributed by atoms with van der Waals surface area (Å²) in [7, 11) is 0. The van der Waals surface area contributed by atoms with Gasteiger partial charge in [-0.25, -0.2) is 0 Å². The van der Waals surface area contributed by atoms with Gasteiger partial charge in [0.25, 0.3) is 0 Å². The second-order valence-electron chi connectivity index (χ2n) is 3.32. The smallest absolute Gasteiger partial charge is 0.102 e. The molecule has 1 rings (SSSR count). The Morgan fingerprint density at radius 2 is 2.00 bits per heavy atom. The number of hydrogen-bond acceptors (Lipinski definition) is 3. The van der Waals surface area contributed by atoms with Crippen molar-refractivity contribution in [3.63, 3.8) is 0 Å². The summed E-state index contributed by atoms with van der Waals surface area (Å²) in [4.78, 5) is 0. The van der Waals surface area contributed by atoms with E-state index in [1.807, 2.05) is 17.8 Å². The van der Waals surface area contributed by atoms with E-state index in [9.17, 15) is 0 Å². The van der Waals surface area contributed by atoms with Gasteiger partial charge in [0.15, 0.2) is 0 Å². The van der Waals surface area contributed by atoms with Gasteiger partial charge in [-0.05, 0) is 19.8 Å². The number of nitrogens with zero attached hydrogens (tertiary/aromatic N) is 3.